The van der Waals surface area contributed by atoms with Crippen molar-refractivity contribution in [1.82, 2.24) is 10.2 Å². The molecule has 3 N–H and O–H groups in total. The predicted molar refractivity (Wildman–Crippen MR) is 66.6 cm³/mol. The molecule has 2 atom stereocenters. The maximum absolute atomic E-state index is 8.72. The lowest BCUT2D eigenvalue weighted by molar-refractivity contribution is 0.122. The maximum atomic E-state index is 8.72. The summed E-state index contributed by atoms with van der Waals surface area (Å²) in [5, 5.41) is 19.4. The van der Waals surface area contributed by atoms with Gasteiger partial charge < -0.3 is 15.7 Å². The lowest BCUT2D eigenvalue weighted by Gasteiger charge is -2.27. The molecule has 98 valence electrons. The normalized spacial score (nSPS) is 24.8. The van der Waals surface area contributed by atoms with Crippen LogP contribution >= 0.6 is 0 Å². The Kier molecular flexibility index (Phi) is 3.96. The number of rotatable bonds is 3. The van der Waals surface area contributed by atoms with Gasteiger partial charge in [0.1, 0.15) is 6.10 Å². The fraction of sp³-hybridized carbons (Fsp3) is 0.583. The number of hydrogen-bond donors (Lipinski definition) is 2. The summed E-state index contributed by atoms with van der Waals surface area (Å²) in [6.45, 7) is 2.22. The molecule has 1 aliphatic carbocycles. The van der Waals surface area contributed by atoms with Crippen LogP contribution in [0, 0.1) is 5.92 Å². The SMILES string of the molecule is CC1CCCC(Oc2nnccc2/C(N)=N/O)C1. The summed E-state index contributed by atoms with van der Waals surface area (Å²) in [7, 11) is 0. The van der Waals surface area contributed by atoms with E-state index in [0.717, 1.165) is 19.3 Å². The van der Waals surface area contributed by atoms with Crippen LogP contribution in [0.4, 0.5) is 0 Å². The van der Waals surface area contributed by atoms with E-state index < -0.39 is 0 Å². The van der Waals surface area contributed by atoms with Crippen LogP contribution in [0.15, 0.2) is 17.4 Å². The van der Waals surface area contributed by atoms with Crippen LogP contribution in [-0.2, 0) is 0 Å². The summed E-state index contributed by atoms with van der Waals surface area (Å²) in [4.78, 5) is 0. The zero-order valence-electron chi connectivity index (χ0n) is 10.4. The summed E-state index contributed by atoms with van der Waals surface area (Å²) in [5.41, 5.74) is 6.06. The summed E-state index contributed by atoms with van der Waals surface area (Å²) >= 11 is 0. The number of oxime groups is 1. The van der Waals surface area contributed by atoms with Crippen LogP contribution in [0.2, 0.25) is 0 Å². The first kappa shape index (κ1) is 12.6. The van der Waals surface area contributed by atoms with Crippen molar-refractivity contribution in [1.29, 1.82) is 0 Å². The largest absolute Gasteiger partial charge is 0.473 e. The molecule has 0 aromatic carbocycles. The molecule has 2 unspecified atom stereocenters. The average Bonchev–Trinajstić information content (AvgIpc) is 2.38. The third-order valence-electron chi connectivity index (χ3n) is 3.24. The number of nitrogens with zero attached hydrogens (tertiary/aromatic N) is 3. The minimum absolute atomic E-state index is 0.0104. The molecule has 0 spiro atoms. The van der Waals surface area contributed by atoms with Crippen molar-refractivity contribution in [3.8, 4) is 5.88 Å². The van der Waals surface area contributed by atoms with Crippen molar-refractivity contribution in [2.75, 3.05) is 0 Å². The van der Waals surface area contributed by atoms with Crippen LogP contribution in [-0.4, -0.2) is 27.3 Å². The molecule has 1 heterocycles. The van der Waals surface area contributed by atoms with Gasteiger partial charge in [0, 0.05) is 0 Å². The lowest BCUT2D eigenvalue weighted by atomic mass is 9.89. The average molecular weight is 250 g/mol. The van der Waals surface area contributed by atoms with Crippen molar-refractivity contribution >= 4 is 5.84 Å². The van der Waals surface area contributed by atoms with Crippen LogP contribution in [0.1, 0.15) is 38.2 Å². The van der Waals surface area contributed by atoms with Crippen LogP contribution in [0.25, 0.3) is 0 Å². The van der Waals surface area contributed by atoms with Gasteiger partial charge in [-0.1, -0.05) is 18.5 Å². The van der Waals surface area contributed by atoms with E-state index in [9.17, 15) is 0 Å². The van der Waals surface area contributed by atoms with Gasteiger partial charge in [0.2, 0.25) is 5.88 Å². The van der Waals surface area contributed by atoms with E-state index in [1.54, 1.807) is 6.07 Å². The number of nitrogens with two attached hydrogens (primary N) is 1. The zero-order chi connectivity index (χ0) is 13.0. The Hall–Kier alpha value is -1.85. The second kappa shape index (κ2) is 5.66. The van der Waals surface area contributed by atoms with Gasteiger partial charge in [-0.2, -0.15) is 5.10 Å². The Morgan fingerprint density at radius 2 is 2.39 bits per heavy atom. The summed E-state index contributed by atoms with van der Waals surface area (Å²) < 4.78 is 5.83. The van der Waals surface area contributed by atoms with Gasteiger partial charge in [0.25, 0.3) is 0 Å². The molecule has 6 nitrogen and oxygen atoms in total. The smallest absolute Gasteiger partial charge is 0.244 e. The Bertz CT molecular complexity index is 436. The quantitative estimate of drug-likeness (QED) is 0.367. The van der Waals surface area contributed by atoms with Crippen LogP contribution in [0.5, 0.6) is 5.88 Å². The minimum Gasteiger partial charge on any atom is -0.473 e. The number of hydrogen-bond acceptors (Lipinski definition) is 5. The van der Waals surface area contributed by atoms with Crippen molar-refractivity contribution in [2.24, 2.45) is 16.8 Å². The Balaban J connectivity index is 2.13. The topological polar surface area (TPSA) is 93.6 Å². The first-order chi connectivity index (χ1) is 8.70. The van der Waals surface area contributed by atoms with Gasteiger partial charge in [0.15, 0.2) is 5.84 Å². The van der Waals surface area contributed by atoms with Crippen molar-refractivity contribution in [2.45, 2.75) is 38.7 Å². The second-order valence-corrected chi connectivity index (χ2v) is 4.75. The van der Waals surface area contributed by atoms with Gasteiger partial charge in [-0.25, -0.2) is 0 Å². The molecular formula is C12H18N4O2. The fourth-order valence-corrected chi connectivity index (χ4v) is 2.30. The van der Waals surface area contributed by atoms with Gasteiger partial charge in [-0.15, -0.1) is 5.10 Å². The summed E-state index contributed by atoms with van der Waals surface area (Å²) in [6.07, 6.45) is 6.04. The van der Waals surface area contributed by atoms with Gasteiger partial charge in [0.05, 0.1) is 11.8 Å². The molecule has 0 radical (unpaired) electrons. The molecule has 18 heavy (non-hydrogen) atoms. The summed E-state index contributed by atoms with van der Waals surface area (Å²) in [5.74, 6) is 0.989. The highest BCUT2D eigenvalue weighted by molar-refractivity contribution is 5.98. The standard InChI is InChI=1S/C12H18N4O2/c1-8-3-2-4-9(7-8)18-12-10(11(13)16-17)5-6-14-15-12/h5-6,8-9,17H,2-4,7H2,1H3,(H2,13,16). The second-order valence-electron chi connectivity index (χ2n) is 4.75. The molecule has 0 bridgehead atoms. The Morgan fingerprint density at radius 1 is 1.56 bits per heavy atom. The first-order valence-electron chi connectivity index (χ1n) is 6.17. The molecule has 0 saturated heterocycles. The fourth-order valence-electron chi connectivity index (χ4n) is 2.30. The highest BCUT2D eigenvalue weighted by Crippen LogP contribution is 2.27. The molecule has 2 rings (SSSR count). The van der Waals surface area contributed by atoms with Gasteiger partial charge in [-0.3, -0.25) is 0 Å². The van der Waals surface area contributed by atoms with Crippen LogP contribution < -0.4 is 10.5 Å². The molecule has 0 amide bonds. The van der Waals surface area contributed by atoms with E-state index in [1.165, 1.54) is 12.6 Å². The van der Waals surface area contributed by atoms with Gasteiger partial charge >= 0.3 is 0 Å². The van der Waals surface area contributed by atoms with E-state index in [4.69, 9.17) is 15.7 Å². The van der Waals surface area contributed by atoms with Crippen molar-refractivity contribution in [3.63, 3.8) is 0 Å². The van der Waals surface area contributed by atoms with E-state index in [1.807, 2.05) is 0 Å². The summed E-state index contributed by atoms with van der Waals surface area (Å²) in [6, 6.07) is 1.63. The van der Waals surface area contributed by atoms with E-state index in [2.05, 4.69) is 22.3 Å². The zero-order valence-corrected chi connectivity index (χ0v) is 10.4. The van der Waals surface area contributed by atoms with Crippen molar-refractivity contribution < 1.29 is 9.94 Å². The number of aromatic nitrogens is 2. The molecule has 1 aromatic heterocycles. The molecule has 0 aliphatic heterocycles. The lowest BCUT2D eigenvalue weighted by Crippen LogP contribution is -2.26. The van der Waals surface area contributed by atoms with E-state index in [0.29, 0.717) is 17.4 Å². The minimum atomic E-state index is -0.0104. The van der Waals surface area contributed by atoms with Gasteiger partial charge in [-0.05, 0) is 31.2 Å². The predicted octanol–water partition coefficient (Wildman–Crippen LogP) is 1.53. The van der Waals surface area contributed by atoms with E-state index in [-0.39, 0.29) is 11.9 Å². The number of amidine groups is 1. The van der Waals surface area contributed by atoms with E-state index >= 15 is 0 Å². The molecule has 1 fully saturated rings. The maximum Gasteiger partial charge on any atom is 0.244 e. The van der Waals surface area contributed by atoms with Crippen molar-refractivity contribution in [3.05, 3.63) is 17.8 Å². The molecular weight excluding hydrogens is 232 g/mol. The third-order valence-corrected chi connectivity index (χ3v) is 3.24. The third kappa shape index (κ3) is 2.88. The highest BCUT2D eigenvalue weighted by atomic mass is 16.5. The molecule has 1 aromatic rings. The number of ether oxygens (including phenoxy) is 1. The highest BCUT2D eigenvalue weighted by Gasteiger charge is 2.22. The Morgan fingerprint density at radius 3 is 3.11 bits per heavy atom. The monoisotopic (exact) mass is 250 g/mol. The van der Waals surface area contributed by atoms with Crippen LogP contribution in [0.3, 0.4) is 0 Å². The molecule has 6 heteroatoms. The Labute approximate surface area is 106 Å². The molecule has 1 aliphatic rings. The molecule has 1 saturated carbocycles. The first-order valence-corrected chi connectivity index (χ1v) is 6.17.